The average molecular weight is 333 g/mol. The molecule has 1 aliphatic rings. The zero-order chi connectivity index (χ0) is 14.6. The molecule has 1 heterocycles. The van der Waals surface area contributed by atoms with Gasteiger partial charge in [0.2, 0.25) is 10.0 Å². The van der Waals surface area contributed by atoms with Gasteiger partial charge in [-0.05, 0) is 56.5 Å². The summed E-state index contributed by atoms with van der Waals surface area (Å²) in [6.45, 7) is 4.30. The van der Waals surface area contributed by atoms with E-state index >= 15 is 0 Å². The van der Waals surface area contributed by atoms with Crippen molar-refractivity contribution in [3.8, 4) is 0 Å². The van der Waals surface area contributed by atoms with Gasteiger partial charge in [-0.2, -0.15) is 4.31 Å². The van der Waals surface area contributed by atoms with E-state index < -0.39 is 10.0 Å². The van der Waals surface area contributed by atoms with E-state index in [9.17, 15) is 8.42 Å². The first-order valence-electron chi connectivity index (χ1n) is 7.31. The minimum Gasteiger partial charge on any atom is -0.319 e. The zero-order valence-electron chi connectivity index (χ0n) is 12.7. The molecule has 1 aromatic rings. The standard InChI is InChI=1S/C15H24N2O2S.ClH/c1-3-13-4-6-15(7-5-13)20(18,19)17-10-8-14(9-11-17)12-16-2;/h4-7,14,16H,3,8-12H2,1-2H3;1H. The van der Waals surface area contributed by atoms with Gasteiger partial charge in [0.25, 0.3) is 0 Å². The summed E-state index contributed by atoms with van der Waals surface area (Å²) in [6.07, 6.45) is 2.80. The highest BCUT2D eigenvalue weighted by Crippen LogP contribution is 2.23. The normalized spacial score (nSPS) is 17.4. The maximum absolute atomic E-state index is 12.6. The highest BCUT2D eigenvalue weighted by atomic mass is 35.5. The summed E-state index contributed by atoms with van der Waals surface area (Å²) < 4.78 is 26.7. The van der Waals surface area contributed by atoms with Crippen LogP contribution in [-0.2, 0) is 16.4 Å². The Hall–Kier alpha value is -0.620. The van der Waals surface area contributed by atoms with Crippen LogP contribution in [0.2, 0.25) is 0 Å². The van der Waals surface area contributed by atoms with Gasteiger partial charge >= 0.3 is 0 Å². The van der Waals surface area contributed by atoms with Crippen molar-refractivity contribution in [1.82, 2.24) is 9.62 Å². The van der Waals surface area contributed by atoms with E-state index in [-0.39, 0.29) is 12.4 Å². The van der Waals surface area contributed by atoms with E-state index in [1.807, 2.05) is 19.2 Å². The molecule has 1 N–H and O–H groups in total. The molecular weight excluding hydrogens is 308 g/mol. The molecule has 0 aliphatic carbocycles. The molecule has 1 aliphatic heterocycles. The Morgan fingerprint density at radius 2 is 1.76 bits per heavy atom. The van der Waals surface area contributed by atoms with Crippen LogP contribution < -0.4 is 5.32 Å². The molecule has 1 aromatic carbocycles. The van der Waals surface area contributed by atoms with Gasteiger partial charge in [-0.15, -0.1) is 12.4 Å². The lowest BCUT2D eigenvalue weighted by Crippen LogP contribution is -2.40. The highest BCUT2D eigenvalue weighted by Gasteiger charge is 2.28. The fraction of sp³-hybridized carbons (Fsp3) is 0.600. The van der Waals surface area contributed by atoms with E-state index in [1.165, 1.54) is 0 Å². The molecule has 0 atom stereocenters. The van der Waals surface area contributed by atoms with Gasteiger partial charge < -0.3 is 5.32 Å². The van der Waals surface area contributed by atoms with E-state index in [2.05, 4.69) is 12.2 Å². The average Bonchev–Trinajstić information content (AvgIpc) is 2.48. The molecule has 6 heteroatoms. The van der Waals surface area contributed by atoms with Gasteiger partial charge in [-0.25, -0.2) is 8.42 Å². The first kappa shape index (κ1) is 18.4. The van der Waals surface area contributed by atoms with Crippen molar-refractivity contribution in [3.63, 3.8) is 0 Å². The molecule has 1 fully saturated rings. The quantitative estimate of drug-likeness (QED) is 0.900. The van der Waals surface area contributed by atoms with Gasteiger partial charge in [0, 0.05) is 13.1 Å². The Bertz CT molecular complexity index is 523. The molecule has 120 valence electrons. The summed E-state index contributed by atoms with van der Waals surface area (Å²) >= 11 is 0. The van der Waals surface area contributed by atoms with Crippen molar-refractivity contribution in [2.24, 2.45) is 5.92 Å². The summed E-state index contributed by atoms with van der Waals surface area (Å²) in [5.41, 5.74) is 1.16. The monoisotopic (exact) mass is 332 g/mol. The van der Waals surface area contributed by atoms with E-state index in [0.29, 0.717) is 23.9 Å². The number of nitrogens with zero attached hydrogens (tertiary/aromatic N) is 1. The van der Waals surface area contributed by atoms with Crippen molar-refractivity contribution in [1.29, 1.82) is 0 Å². The van der Waals surface area contributed by atoms with Crippen LogP contribution in [0.25, 0.3) is 0 Å². The van der Waals surface area contributed by atoms with Crippen molar-refractivity contribution >= 4 is 22.4 Å². The minimum absolute atomic E-state index is 0. The number of nitrogens with one attached hydrogen (secondary N) is 1. The number of rotatable bonds is 5. The number of halogens is 1. The first-order chi connectivity index (χ1) is 9.57. The largest absolute Gasteiger partial charge is 0.319 e. The third-order valence-corrected chi connectivity index (χ3v) is 5.95. The Labute approximate surface area is 134 Å². The second-order valence-corrected chi connectivity index (χ2v) is 7.34. The number of hydrogen-bond acceptors (Lipinski definition) is 3. The Kier molecular flexibility index (Phi) is 7.13. The Morgan fingerprint density at radius 3 is 2.24 bits per heavy atom. The van der Waals surface area contributed by atoms with Crippen molar-refractivity contribution in [2.45, 2.75) is 31.1 Å². The maximum Gasteiger partial charge on any atom is 0.243 e. The maximum atomic E-state index is 12.6. The smallest absolute Gasteiger partial charge is 0.243 e. The van der Waals surface area contributed by atoms with Crippen LogP contribution in [0.4, 0.5) is 0 Å². The van der Waals surface area contributed by atoms with E-state index in [1.54, 1.807) is 16.4 Å². The topological polar surface area (TPSA) is 49.4 Å². The summed E-state index contributed by atoms with van der Waals surface area (Å²) in [5.74, 6) is 0.592. The van der Waals surface area contributed by atoms with Crippen LogP contribution in [0.1, 0.15) is 25.3 Å². The van der Waals surface area contributed by atoms with E-state index in [4.69, 9.17) is 0 Å². The van der Waals surface area contributed by atoms with Crippen LogP contribution in [0.3, 0.4) is 0 Å². The summed E-state index contributed by atoms with van der Waals surface area (Å²) in [6, 6.07) is 7.27. The molecule has 1 saturated heterocycles. The first-order valence-corrected chi connectivity index (χ1v) is 8.75. The van der Waals surface area contributed by atoms with Crippen LogP contribution in [0.5, 0.6) is 0 Å². The predicted octanol–water partition coefficient (Wildman–Crippen LogP) is 2.29. The van der Waals surface area contributed by atoms with Gasteiger partial charge in [0.1, 0.15) is 0 Å². The number of benzene rings is 1. The fourth-order valence-electron chi connectivity index (χ4n) is 2.69. The molecule has 4 nitrogen and oxygen atoms in total. The van der Waals surface area contributed by atoms with Gasteiger partial charge in [-0.1, -0.05) is 19.1 Å². The van der Waals surface area contributed by atoms with Crippen molar-refractivity contribution in [2.75, 3.05) is 26.7 Å². The second kappa shape index (κ2) is 8.13. The van der Waals surface area contributed by atoms with E-state index in [0.717, 1.165) is 31.4 Å². The molecule has 0 amide bonds. The lowest BCUT2D eigenvalue weighted by Gasteiger charge is -2.31. The van der Waals surface area contributed by atoms with Crippen LogP contribution >= 0.6 is 12.4 Å². The summed E-state index contributed by atoms with van der Waals surface area (Å²) in [7, 11) is -1.37. The molecule has 0 saturated carbocycles. The number of sulfonamides is 1. The number of piperidine rings is 1. The molecular formula is C15H25ClN2O2S. The molecule has 0 unspecified atom stereocenters. The minimum atomic E-state index is -3.31. The molecule has 21 heavy (non-hydrogen) atoms. The van der Waals surface area contributed by atoms with Crippen LogP contribution in [0.15, 0.2) is 29.2 Å². The van der Waals surface area contributed by atoms with Crippen molar-refractivity contribution in [3.05, 3.63) is 29.8 Å². The van der Waals surface area contributed by atoms with Crippen LogP contribution in [0, 0.1) is 5.92 Å². The zero-order valence-corrected chi connectivity index (χ0v) is 14.3. The molecule has 0 radical (unpaired) electrons. The summed E-state index contributed by atoms with van der Waals surface area (Å²) in [5, 5.41) is 3.17. The highest BCUT2D eigenvalue weighted by molar-refractivity contribution is 7.89. The Morgan fingerprint density at radius 1 is 1.19 bits per heavy atom. The lowest BCUT2D eigenvalue weighted by atomic mass is 9.98. The molecule has 0 bridgehead atoms. The lowest BCUT2D eigenvalue weighted by molar-refractivity contribution is 0.270. The third kappa shape index (κ3) is 4.42. The van der Waals surface area contributed by atoms with Gasteiger partial charge in [0.05, 0.1) is 4.90 Å². The Balaban J connectivity index is 0.00000220. The van der Waals surface area contributed by atoms with Crippen molar-refractivity contribution < 1.29 is 8.42 Å². The molecule has 2 rings (SSSR count). The fourth-order valence-corrected chi connectivity index (χ4v) is 4.16. The number of aryl methyl sites for hydroxylation is 1. The molecule has 0 aromatic heterocycles. The van der Waals surface area contributed by atoms with Crippen LogP contribution in [-0.4, -0.2) is 39.4 Å². The van der Waals surface area contributed by atoms with Gasteiger partial charge in [-0.3, -0.25) is 0 Å². The third-order valence-electron chi connectivity index (χ3n) is 4.04. The SMILES string of the molecule is CCc1ccc(S(=O)(=O)N2CCC(CNC)CC2)cc1.Cl. The van der Waals surface area contributed by atoms with Gasteiger partial charge in [0.15, 0.2) is 0 Å². The predicted molar refractivity (Wildman–Crippen MR) is 88.5 cm³/mol. The summed E-state index contributed by atoms with van der Waals surface area (Å²) in [4.78, 5) is 0.418. The second-order valence-electron chi connectivity index (χ2n) is 5.40. The number of hydrogen-bond donors (Lipinski definition) is 1. The molecule has 0 spiro atoms.